The van der Waals surface area contributed by atoms with Crippen LogP contribution < -0.4 is 5.32 Å². The lowest BCUT2D eigenvalue weighted by atomic mass is 9.97. The summed E-state index contributed by atoms with van der Waals surface area (Å²) in [7, 11) is 0. The van der Waals surface area contributed by atoms with Gasteiger partial charge in [-0.25, -0.2) is 13.8 Å². The highest BCUT2D eigenvalue weighted by atomic mass is 19.1. The number of rotatable bonds is 4. The molecule has 1 aliphatic carbocycles. The summed E-state index contributed by atoms with van der Waals surface area (Å²) < 4.78 is 25.9. The standard InChI is InChI=1S/C13H16F2N2/c14-11-8-12(15)13(17-9-11)16-7-6-10-4-2-1-3-5-10/h4,8-9H,1-3,5-7H2,(H,16,17). The minimum absolute atomic E-state index is 0.128. The van der Waals surface area contributed by atoms with Crippen LogP contribution in [0.15, 0.2) is 23.9 Å². The zero-order chi connectivity index (χ0) is 12.1. The Labute approximate surface area is 99.8 Å². The Morgan fingerprint density at radius 1 is 1.29 bits per heavy atom. The first-order valence-electron chi connectivity index (χ1n) is 5.98. The summed E-state index contributed by atoms with van der Waals surface area (Å²) in [6.07, 6.45) is 8.99. The molecule has 0 aromatic carbocycles. The van der Waals surface area contributed by atoms with Crippen molar-refractivity contribution < 1.29 is 8.78 Å². The van der Waals surface area contributed by atoms with Gasteiger partial charge in [0.1, 0.15) is 5.82 Å². The molecule has 0 radical (unpaired) electrons. The number of aromatic nitrogens is 1. The van der Waals surface area contributed by atoms with Gasteiger partial charge in [0.05, 0.1) is 6.20 Å². The Hall–Kier alpha value is -1.45. The first-order chi connectivity index (χ1) is 8.25. The molecule has 0 atom stereocenters. The lowest BCUT2D eigenvalue weighted by Gasteiger charge is -2.13. The maximum atomic E-state index is 13.2. The molecule has 1 aromatic rings. The van der Waals surface area contributed by atoms with E-state index in [1.807, 2.05) is 0 Å². The van der Waals surface area contributed by atoms with Gasteiger partial charge in [0.15, 0.2) is 11.6 Å². The average Bonchev–Trinajstić information content (AvgIpc) is 2.33. The van der Waals surface area contributed by atoms with Gasteiger partial charge in [0.25, 0.3) is 0 Å². The molecular weight excluding hydrogens is 222 g/mol. The summed E-state index contributed by atoms with van der Waals surface area (Å²) in [6, 6.07) is 0.842. The third kappa shape index (κ3) is 3.51. The average molecular weight is 238 g/mol. The van der Waals surface area contributed by atoms with Crippen LogP contribution in [0.4, 0.5) is 14.6 Å². The second-order valence-corrected chi connectivity index (χ2v) is 4.27. The number of nitrogens with one attached hydrogen (secondary N) is 1. The predicted octanol–water partition coefficient (Wildman–Crippen LogP) is 3.66. The second-order valence-electron chi connectivity index (χ2n) is 4.27. The van der Waals surface area contributed by atoms with Crippen molar-refractivity contribution >= 4 is 5.82 Å². The van der Waals surface area contributed by atoms with Gasteiger partial charge in [-0.2, -0.15) is 0 Å². The number of hydrogen-bond donors (Lipinski definition) is 1. The summed E-state index contributed by atoms with van der Waals surface area (Å²) in [5.41, 5.74) is 1.42. The molecule has 0 fully saturated rings. The van der Waals surface area contributed by atoms with Gasteiger partial charge in [0.2, 0.25) is 0 Å². The number of allylic oxidation sites excluding steroid dienone is 1. The van der Waals surface area contributed by atoms with Crippen LogP contribution in [0.5, 0.6) is 0 Å². The van der Waals surface area contributed by atoms with Crippen molar-refractivity contribution in [1.29, 1.82) is 0 Å². The van der Waals surface area contributed by atoms with Crippen LogP contribution in [0.2, 0.25) is 0 Å². The van der Waals surface area contributed by atoms with Crippen LogP contribution in [0.25, 0.3) is 0 Å². The lowest BCUT2D eigenvalue weighted by Crippen LogP contribution is -2.07. The molecule has 0 aliphatic heterocycles. The third-order valence-corrected chi connectivity index (χ3v) is 2.93. The largest absolute Gasteiger partial charge is 0.367 e. The number of hydrogen-bond acceptors (Lipinski definition) is 2. The minimum Gasteiger partial charge on any atom is -0.367 e. The Balaban J connectivity index is 1.83. The van der Waals surface area contributed by atoms with Crippen molar-refractivity contribution in [1.82, 2.24) is 4.98 Å². The lowest BCUT2D eigenvalue weighted by molar-refractivity contribution is 0.575. The monoisotopic (exact) mass is 238 g/mol. The third-order valence-electron chi connectivity index (χ3n) is 2.93. The van der Waals surface area contributed by atoms with E-state index in [-0.39, 0.29) is 5.82 Å². The maximum Gasteiger partial charge on any atom is 0.168 e. The van der Waals surface area contributed by atoms with Gasteiger partial charge in [-0.1, -0.05) is 11.6 Å². The SMILES string of the molecule is Fc1cnc(NCCC2=CCCCC2)c(F)c1. The van der Waals surface area contributed by atoms with Crippen LogP contribution in [0.3, 0.4) is 0 Å². The van der Waals surface area contributed by atoms with E-state index in [0.29, 0.717) is 6.54 Å². The van der Waals surface area contributed by atoms with Crippen molar-refractivity contribution in [2.45, 2.75) is 32.1 Å². The number of nitrogens with zero attached hydrogens (tertiary/aromatic N) is 1. The van der Waals surface area contributed by atoms with Crippen LogP contribution in [-0.4, -0.2) is 11.5 Å². The molecule has 2 nitrogen and oxygen atoms in total. The Bertz CT molecular complexity index is 416. The number of anilines is 1. The van der Waals surface area contributed by atoms with Gasteiger partial charge < -0.3 is 5.32 Å². The molecule has 1 N–H and O–H groups in total. The summed E-state index contributed by atoms with van der Waals surface area (Å²) in [5, 5.41) is 2.89. The second kappa shape index (κ2) is 5.75. The molecule has 0 spiro atoms. The Morgan fingerprint density at radius 2 is 2.18 bits per heavy atom. The van der Waals surface area contributed by atoms with Crippen molar-refractivity contribution in [3.05, 3.63) is 35.5 Å². The fourth-order valence-electron chi connectivity index (χ4n) is 2.02. The molecule has 0 saturated carbocycles. The smallest absolute Gasteiger partial charge is 0.168 e. The van der Waals surface area contributed by atoms with Crippen molar-refractivity contribution in [3.8, 4) is 0 Å². The molecule has 17 heavy (non-hydrogen) atoms. The fourth-order valence-corrected chi connectivity index (χ4v) is 2.02. The van der Waals surface area contributed by atoms with Crippen LogP contribution >= 0.6 is 0 Å². The molecule has 1 aliphatic rings. The minimum atomic E-state index is -0.650. The Morgan fingerprint density at radius 3 is 2.88 bits per heavy atom. The molecule has 0 unspecified atom stereocenters. The zero-order valence-corrected chi connectivity index (χ0v) is 9.68. The highest BCUT2D eigenvalue weighted by Gasteiger charge is 2.06. The van der Waals surface area contributed by atoms with Crippen molar-refractivity contribution in [3.63, 3.8) is 0 Å². The van der Waals surface area contributed by atoms with Gasteiger partial charge in [-0.3, -0.25) is 0 Å². The van der Waals surface area contributed by atoms with E-state index in [0.717, 1.165) is 31.5 Å². The quantitative estimate of drug-likeness (QED) is 0.810. The van der Waals surface area contributed by atoms with Crippen LogP contribution in [-0.2, 0) is 0 Å². The summed E-state index contributed by atoms with van der Waals surface area (Å²) >= 11 is 0. The first kappa shape index (κ1) is 12.0. The van der Waals surface area contributed by atoms with Gasteiger partial charge >= 0.3 is 0 Å². The van der Waals surface area contributed by atoms with Crippen LogP contribution in [0, 0.1) is 11.6 Å². The van der Waals surface area contributed by atoms with Gasteiger partial charge in [-0.15, -0.1) is 0 Å². The maximum absolute atomic E-state index is 13.2. The van der Waals surface area contributed by atoms with Crippen molar-refractivity contribution in [2.75, 3.05) is 11.9 Å². The number of halogens is 2. The van der Waals surface area contributed by atoms with Gasteiger partial charge in [-0.05, 0) is 32.1 Å². The molecule has 1 heterocycles. The Kier molecular flexibility index (Phi) is 4.07. The highest BCUT2D eigenvalue weighted by molar-refractivity contribution is 5.35. The van der Waals surface area contributed by atoms with E-state index < -0.39 is 11.6 Å². The normalized spacial score (nSPS) is 15.5. The van der Waals surface area contributed by atoms with E-state index >= 15 is 0 Å². The van der Waals surface area contributed by atoms with Crippen LogP contribution in [0.1, 0.15) is 32.1 Å². The van der Waals surface area contributed by atoms with E-state index in [2.05, 4.69) is 16.4 Å². The summed E-state index contributed by atoms with van der Waals surface area (Å²) in [4.78, 5) is 3.68. The molecule has 4 heteroatoms. The first-order valence-corrected chi connectivity index (χ1v) is 5.98. The molecule has 1 aromatic heterocycles. The molecule has 0 bridgehead atoms. The number of pyridine rings is 1. The predicted molar refractivity (Wildman–Crippen MR) is 63.8 cm³/mol. The summed E-state index contributed by atoms with van der Waals surface area (Å²) in [6.45, 7) is 0.640. The highest BCUT2D eigenvalue weighted by Crippen LogP contribution is 2.20. The van der Waals surface area contributed by atoms with E-state index in [1.165, 1.54) is 18.4 Å². The van der Waals surface area contributed by atoms with E-state index in [1.54, 1.807) is 0 Å². The molecule has 2 rings (SSSR count). The van der Waals surface area contributed by atoms with E-state index in [4.69, 9.17) is 0 Å². The summed E-state index contributed by atoms with van der Waals surface area (Å²) in [5.74, 6) is -1.16. The fraction of sp³-hybridized carbons (Fsp3) is 0.462. The molecule has 0 saturated heterocycles. The molecule has 92 valence electrons. The van der Waals surface area contributed by atoms with Gasteiger partial charge in [0, 0.05) is 12.6 Å². The van der Waals surface area contributed by atoms with Crippen molar-refractivity contribution in [2.24, 2.45) is 0 Å². The molecule has 0 amide bonds. The topological polar surface area (TPSA) is 24.9 Å². The van der Waals surface area contributed by atoms with E-state index in [9.17, 15) is 8.78 Å². The molecular formula is C13H16F2N2. The zero-order valence-electron chi connectivity index (χ0n) is 9.68.